The topological polar surface area (TPSA) is 114 Å². The highest BCUT2D eigenvalue weighted by atomic mass is 16.7. The predicted molar refractivity (Wildman–Crippen MR) is 201 cm³/mol. The van der Waals surface area contributed by atoms with Crippen molar-refractivity contribution in [1.29, 1.82) is 0 Å². The van der Waals surface area contributed by atoms with Crippen LogP contribution in [0.3, 0.4) is 0 Å². The second-order valence-corrected chi connectivity index (χ2v) is 17.2. The minimum Gasteiger partial charge on any atom is -0.460 e. The predicted octanol–water partition coefficient (Wildman–Crippen LogP) is 8.66. The van der Waals surface area contributed by atoms with E-state index in [2.05, 4.69) is 99.6 Å². The molecule has 2 saturated heterocycles. The zero-order chi connectivity index (χ0) is 36.8. The van der Waals surface area contributed by atoms with Gasteiger partial charge in [0.25, 0.3) is 0 Å². The number of unbranched alkanes of at least 4 members (excludes halogenated alkanes) is 10. The van der Waals surface area contributed by atoms with Crippen molar-refractivity contribution in [2.45, 2.75) is 206 Å². The second kappa shape index (κ2) is 19.9. The van der Waals surface area contributed by atoms with E-state index in [4.69, 9.17) is 19.1 Å². The van der Waals surface area contributed by atoms with Gasteiger partial charge in [-0.3, -0.25) is 9.68 Å². The highest BCUT2D eigenvalue weighted by Gasteiger charge is 2.49. The number of nitrogens with one attached hydrogen (secondary N) is 1. The molecule has 0 saturated carbocycles. The fraction of sp³-hybridized carbons (Fsp3) is 0.923. The Labute approximate surface area is 304 Å². The standard InChI is InChI=1S/C39H74N6O5/c1-11-13-15-17-19-21-25-47-44-36(3,4)27-31(28-37(44,5)6)49-34-41-33(40-23-24-46)42-35(43-34)50-32-29-38(7,8)45(39(9,10)30-32)48-26-22-20-18-16-14-12-2/h31-32,46H,11-30H2,1-10H3,(H,40,41,42,43). The van der Waals surface area contributed by atoms with Crippen LogP contribution in [0, 0.1) is 0 Å². The van der Waals surface area contributed by atoms with Crippen molar-refractivity contribution in [2.24, 2.45) is 0 Å². The lowest BCUT2D eigenvalue weighted by Crippen LogP contribution is -2.62. The smallest absolute Gasteiger partial charge is 0.324 e. The third-order valence-corrected chi connectivity index (χ3v) is 10.1. The van der Waals surface area contributed by atoms with Crippen molar-refractivity contribution in [3.8, 4) is 12.0 Å². The first kappa shape index (κ1) is 42.6. The minimum absolute atomic E-state index is 0.0444. The maximum absolute atomic E-state index is 9.49. The average molecular weight is 707 g/mol. The largest absolute Gasteiger partial charge is 0.460 e. The van der Waals surface area contributed by atoms with Crippen LogP contribution in [0.2, 0.25) is 0 Å². The van der Waals surface area contributed by atoms with Crippen molar-refractivity contribution < 1.29 is 24.3 Å². The number of hydrogen-bond donors (Lipinski definition) is 2. The molecule has 0 unspecified atom stereocenters. The van der Waals surface area contributed by atoms with Crippen molar-refractivity contribution in [3.05, 3.63) is 0 Å². The number of aliphatic hydroxyl groups excluding tert-OH is 1. The molecule has 2 fully saturated rings. The van der Waals surface area contributed by atoms with Gasteiger partial charge in [-0.15, -0.1) is 4.98 Å². The summed E-state index contributed by atoms with van der Waals surface area (Å²) in [5.74, 6) is 0.329. The van der Waals surface area contributed by atoms with Gasteiger partial charge in [0.1, 0.15) is 12.2 Å². The van der Waals surface area contributed by atoms with E-state index in [1.54, 1.807) is 0 Å². The van der Waals surface area contributed by atoms with Crippen LogP contribution in [0.1, 0.15) is 172 Å². The number of aromatic nitrogens is 3. The van der Waals surface area contributed by atoms with Gasteiger partial charge in [-0.1, -0.05) is 78.1 Å². The van der Waals surface area contributed by atoms with Gasteiger partial charge in [0, 0.05) is 54.4 Å². The highest BCUT2D eigenvalue weighted by molar-refractivity contribution is 5.27. The Morgan fingerprint density at radius 3 is 1.30 bits per heavy atom. The summed E-state index contributed by atoms with van der Waals surface area (Å²) in [6.45, 7) is 24.0. The zero-order valence-electron chi connectivity index (χ0n) is 33.6. The molecule has 1 aromatic heterocycles. The molecule has 0 aliphatic carbocycles. The molecule has 0 aromatic carbocycles. The Morgan fingerprint density at radius 1 is 0.580 bits per heavy atom. The van der Waals surface area contributed by atoms with E-state index in [-0.39, 0.29) is 53.0 Å². The number of aliphatic hydroxyl groups is 1. The number of hydrogen-bond acceptors (Lipinski definition) is 11. The van der Waals surface area contributed by atoms with Gasteiger partial charge in [-0.2, -0.15) is 20.1 Å². The van der Waals surface area contributed by atoms with Crippen molar-refractivity contribution in [2.75, 3.05) is 31.7 Å². The summed E-state index contributed by atoms with van der Waals surface area (Å²) >= 11 is 0. The number of rotatable bonds is 23. The minimum atomic E-state index is -0.249. The van der Waals surface area contributed by atoms with Gasteiger partial charge < -0.3 is 19.9 Å². The molecule has 50 heavy (non-hydrogen) atoms. The van der Waals surface area contributed by atoms with Crippen molar-refractivity contribution in [1.82, 2.24) is 25.1 Å². The molecule has 3 heterocycles. The first-order valence-electron chi connectivity index (χ1n) is 19.9. The van der Waals surface area contributed by atoms with Gasteiger partial charge in [-0.25, -0.2) is 0 Å². The van der Waals surface area contributed by atoms with E-state index in [1.807, 2.05) is 0 Å². The summed E-state index contributed by atoms with van der Waals surface area (Å²) in [5.41, 5.74) is -0.995. The molecular weight excluding hydrogens is 632 g/mol. The molecule has 2 N–H and O–H groups in total. The molecule has 290 valence electrons. The Balaban J connectivity index is 1.65. The lowest BCUT2D eigenvalue weighted by atomic mass is 9.80. The molecule has 1 aromatic rings. The van der Waals surface area contributed by atoms with E-state index in [0.29, 0.717) is 12.5 Å². The van der Waals surface area contributed by atoms with E-state index >= 15 is 0 Å². The van der Waals surface area contributed by atoms with Crippen LogP contribution >= 0.6 is 0 Å². The lowest BCUT2D eigenvalue weighted by Gasteiger charge is -2.53. The highest BCUT2D eigenvalue weighted by Crippen LogP contribution is 2.42. The van der Waals surface area contributed by atoms with Crippen LogP contribution in [-0.2, 0) is 9.68 Å². The van der Waals surface area contributed by atoms with Crippen LogP contribution in [0.4, 0.5) is 5.95 Å². The first-order chi connectivity index (χ1) is 23.6. The summed E-state index contributed by atoms with van der Waals surface area (Å²) < 4.78 is 13.1. The number of ether oxygens (including phenoxy) is 2. The number of piperidine rings is 2. The molecular formula is C39H74N6O5. The van der Waals surface area contributed by atoms with Crippen LogP contribution in [0.5, 0.6) is 12.0 Å². The molecule has 0 radical (unpaired) electrons. The Hall–Kier alpha value is -1.79. The summed E-state index contributed by atoms with van der Waals surface area (Å²) in [6.07, 6.45) is 17.7. The van der Waals surface area contributed by atoms with Crippen molar-refractivity contribution in [3.63, 3.8) is 0 Å². The molecule has 0 spiro atoms. The monoisotopic (exact) mass is 707 g/mol. The SMILES string of the molecule is CCCCCCCCON1C(C)(C)CC(Oc2nc(NCCO)nc(OC3CC(C)(C)N(OCCCCCCCC)C(C)(C)C3)n2)CC1(C)C. The molecule has 3 rings (SSSR count). The molecule has 2 aliphatic heterocycles. The van der Waals surface area contributed by atoms with E-state index in [0.717, 1.165) is 51.7 Å². The number of anilines is 1. The quantitative estimate of drug-likeness (QED) is 0.107. The Kier molecular flexibility index (Phi) is 16.9. The van der Waals surface area contributed by atoms with E-state index in [9.17, 15) is 5.11 Å². The van der Waals surface area contributed by atoms with Crippen LogP contribution in [0.15, 0.2) is 0 Å². The maximum atomic E-state index is 9.49. The normalized spacial score (nSPS) is 20.9. The van der Waals surface area contributed by atoms with E-state index < -0.39 is 0 Å². The molecule has 2 aliphatic rings. The molecule has 0 atom stereocenters. The van der Waals surface area contributed by atoms with Gasteiger partial charge in [0.2, 0.25) is 5.95 Å². The van der Waals surface area contributed by atoms with Crippen LogP contribution < -0.4 is 14.8 Å². The summed E-state index contributed by atoms with van der Waals surface area (Å²) in [6, 6.07) is 0.457. The number of nitrogens with zero attached hydrogens (tertiary/aromatic N) is 5. The van der Waals surface area contributed by atoms with Crippen molar-refractivity contribution >= 4 is 5.95 Å². The maximum Gasteiger partial charge on any atom is 0.324 e. The van der Waals surface area contributed by atoms with Gasteiger partial charge in [-0.05, 0) is 68.2 Å². The fourth-order valence-corrected chi connectivity index (χ4v) is 8.27. The Morgan fingerprint density at radius 2 is 0.940 bits per heavy atom. The van der Waals surface area contributed by atoms with Gasteiger partial charge in [0.15, 0.2) is 0 Å². The summed E-state index contributed by atoms with van der Waals surface area (Å²) in [5, 5.41) is 17.0. The fourth-order valence-electron chi connectivity index (χ4n) is 8.27. The average Bonchev–Trinajstić information content (AvgIpc) is 3.00. The molecule has 0 bridgehead atoms. The van der Waals surface area contributed by atoms with Crippen LogP contribution in [0.25, 0.3) is 0 Å². The first-order valence-corrected chi connectivity index (χ1v) is 19.9. The van der Waals surface area contributed by atoms with Gasteiger partial charge >= 0.3 is 12.0 Å². The lowest BCUT2D eigenvalue weighted by molar-refractivity contribution is -0.291. The molecule has 11 heteroatoms. The number of hydroxylamine groups is 4. The summed E-state index contributed by atoms with van der Waals surface area (Å²) in [7, 11) is 0. The third-order valence-electron chi connectivity index (χ3n) is 10.1. The van der Waals surface area contributed by atoms with E-state index in [1.165, 1.54) is 64.2 Å². The molecule has 11 nitrogen and oxygen atoms in total. The van der Waals surface area contributed by atoms with Crippen LogP contribution in [-0.4, -0.2) is 90.9 Å². The molecule has 0 amide bonds. The second-order valence-electron chi connectivity index (χ2n) is 17.2. The van der Waals surface area contributed by atoms with Gasteiger partial charge in [0.05, 0.1) is 19.8 Å². The summed E-state index contributed by atoms with van der Waals surface area (Å²) in [4.78, 5) is 26.7. The Bertz CT molecular complexity index is 1000. The third kappa shape index (κ3) is 13.3. The zero-order valence-corrected chi connectivity index (χ0v) is 33.6.